The molecule has 1 heterocycles. The van der Waals surface area contributed by atoms with Gasteiger partial charge in [-0.1, -0.05) is 26.0 Å². The summed E-state index contributed by atoms with van der Waals surface area (Å²) in [6.07, 6.45) is 0. The highest BCUT2D eigenvalue weighted by molar-refractivity contribution is 5.47. The van der Waals surface area contributed by atoms with Crippen molar-refractivity contribution >= 4 is 5.69 Å². The molecule has 2 rings (SSSR count). The second kappa shape index (κ2) is 6.12. The van der Waals surface area contributed by atoms with Crippen LogP contribution in [-0.2, 0) is 0 Å². The van der Waals surface area contributed by atoms with Crippen LogP contribution in [0.2, 0.25) is 0 Å². The number of anilines is 1. The Bertz CT molecular complexity index is 671. The van der Waals surface area contributed by atoms with Crippen molar-refractivity contribution in [2.24, 2.45) is 0 Å². The summed E-state index contributed by atoms with van der Waals surface area (Å²) in [5, 5.41) is 3.37. The fourth-order valence-corrected chi connectivity index (χ4v) is 2.53. The molecule has 1 atom stereocenters. The summed E-state index contributed by atoms with van der Waals surface area (Å²) < 4.78 is 0. The number of aryl methyl sites for hydroxylation is 2. The van der Waals surface area contributed by atoms with Gasteiger partial charge < -0.3 is 10.3 Å². The van der Waals surface area contributed by atoms with Crippen LogP contribution in [0.3, 0.4) is 0 Å². The highest BCUT2D eigenvalue weighted by Gasteiger charge is 2.14. The van der Waals surface area contributed by atoms with Gasteiger partial charge in [-0.25, -0.2) is 4.98 Å². The lowest BCUT2D eigenvalue weighted by Gasteiger charge is -2.17. The fourth-order valence-electron chi connectivity index (χ4n) is 2.53. The van der Waals surface area contributed by atoms with Gasteiger partial charge in [0.1, 0.15) is 5.82 Å². The molecule has 0 saturated carbocycles. The third-order valence-electron chi connectivity index (χ3n) is 3.66. The molecule has 2 N–H and O–H groups in total. The monoisotopic (exact) mass is 285 g/mol. The summed E-state index contributed by atoms with van der Waals surface area (Å²) in [4.78, 5) is 19.2. The molecule has 1 unspecified atom stereocenters. The Labute approximate surface area is 125 Å². The van der Waals surface area contributed by atoms with Gasteiger partial charge in [0.2, 0.25) is 0 Å². The normalized spacial score (nSPS) is 12.5. The van der Waals surface area contributed by atoms with Crippen LogP contribution in [0.5, 0.6) is 0 Å². The standard InChI is InChI=1S/C17H23N3O/c1-10(2)14-6-8-15(9-7-14)19-12(4)16-11(3)18-13(5)20-17(16)21/h6-10,12,19H,1-5H3,(H,18,20,21). The molecule has 112 valence electrons. The van der Waals surface area contributed by atoms with Gasteiger partial charge in [0.25, 0.3) is 5.56 Å². The molecule has 0 aliphatic carbocycles. The molecule has 0 amide bonds. The maximum Gasteiger partial charge on any atom is 0.256 e. The van der Waals surface area contributed by atoms with Crippen LogP contribution in [-0.4, -0.2) is 9.97 Å². The van der Waals surface area contributed by atoms with Gasteiger partial charge >= 0.3 is 0 Å². The molecule has 0 aliphatic rings. The van der Waals surface area contributed by atoms with Crippen molar-refractivity contribution in [3.8, 4) is 0 Å². The van der Waals surface area contributed by atoms with Crippen LogP contribution >= 0.6 is 0 Å². The Morgan fingerprint density at radius 3 is 2.24 bits per heavy atom. The summed E-state index contributed by atoms with van der Waals surface area (Å²) >= 11 is 0. The number of nitrogens with zero attached hydrogens (tertiary/aromatic N) is 1. The summed E-state index contributed by atoms with van der Waals surface area (Å²) in [5.41, 5.74) is 3.70. The molecule has 4 heteroatoms. The zero-order valence-corrected chi connectivity index (χ0v) is 13.3. The number of hydrogen-bond donors (Lipinski definition) is 2. The first kappa shape index (κ1) is 15.3. The molecule has 21 heavy (non-hydrogen) atoms. The summed E-state index contributed by atoms with van der Waals surface area (Å²) in [7, 11) is 0. The Morgan fingerprint density at radius 1 is 1.10 bits per heavy atom. The molecule has 0 radical (unpaired) electrons. The van der Waals surface area contributed by atoms with E-state index in [2.05, 4.69) is 53.4 Å². The van der Waals surface area contributed by atoms with E-state index in [0.717, 1.165) is 11.4 Å². The highest BCUT2D eigenvalue weighted by Crippen LogP contribution is 2.21. The predicted molar refractivity (Wildman–Crippen MR) is 86.9 cm³/mol. The van der Waals surface area contributed by atoms with Crippen LogP contribution < -0.4 is 10.9 Å². The van der Waals surface area contributed by atoms with Crippen molar-refractivity contribution in [1.29, 1.82) is 0 Å². The smallest absolute Gasteiger partial charge is 0.256 e. The molecular weight excluding hydrogens is 262 g/mol. The Kier molecular flexibility index (Phi) is 4.46. The molecule has 2 aromatic rings. The number of benzene rings is 1. The minimum Gasteiger partial charge on any atom is -0.378 e. The highest BCUT2D eigenvalue weighted by atomic mass is 16.1. The molecule has 0 fully saturated rings. The molecule has 0 bridgehead atoms. The summed E-state index contributed by atoms with van der Waals surface area (Å²) in [6, 6.07) is 8.24. The topological polar surface area (TPSA) is 57.8 Å². The second-order valence-corrected chi connectivity index (χ2v) is 5.79. The summed E-state index contributed by atoms with van der Waals surface area (Å²) in [5.74, 6) is 1.16. The quantitative estimate of drug-likeness (QED) is 0.901. The Hall–Kier alpha value is -2.10. The van der Waals surface area contributed by atoms with E-state index in [1.54, 1.807) is 6.92 Å². The van der Waals surface area contributed by atoms with E-state index in [4.69, 9.17) is 0 Å². The second-order valence-electron chi connectivity index (χ2n) is 5.79. The van der Waals surface area contributed by atoms with Crippen LogP contribution in [0.4, 0.5) is 5.69 Å². The molecule has 4 nitrogen and oxygen atoms in total. The number of H-pyrrole nitrogens is 1. The lowest BCUT2D eigenvalue weighted by Crippen LogP contribution is -2.23. The van der Waals surface area contributed by atoms with Crippen molar-refractivity contribution in [2.45, 2.75) is 46.6 Å². The number of nitrogens with one attached hydrogen (secondary N) is 2. The maximum absolute atomic E-state index is 12.1. The van der Waals surface area contributed by atoms with Crippen molar-refractivity contribution in [3.05, 3.63) is 57.3 Å². The van der Waals surface area contributed by atoms with E-state index < -0.39 is 0 Å². The Balaban J connectivity index is 2.22. The first-order valence-electron chi connectivity index (χ1n) is 7.32. The predicted octanol–water partition coefficient (Wildman–Crippen LogP) is 3.68. The zero-order valence-electron chi connectivity index (χ0n) is 13.3. The van der Waals surface area contributed by atoms with Crippen molar-refractivity contribution < 1.29 is 0 Å². The minimum atomic E-state index is -0.0910. The van der Waals surface area contributed by atoms with Crippen molar-refractivity contribution in [1.82, 2.24) is 9.97 Å². The number of aromatic amines is 1. The van der Waals surface area contributed by atoms with Gasteiger partial charge in [-0.05, 0) is 44.4 Å². The fraction of sp³-hybridized carbons (Fsp3) is 0.412. The van der Waals surface area contributed by atoms with Gasteiger partial charge in [0.05, 0.1) is 17.3 Å². The number of hydrogen-bond acceptors (Lipinski definition) is 3. The van der Waals surface area contributed by atoms with E-state index >= 15 is 0 Å². The van der Waals surface area contributed by atoms with Crippen LogP contribution in [0.15, 0.2) is 29.1 Å². The van der Waals surface area contributed by atoms with Gasteiger partial charge in [0.15, 0.2) is 0 Å². The molecule has 0 saturated heterocycles. The Morgan fingerprint density at radius 2 is 1.71 bits per heavy atom. The van der Waals surface area contributed by atoms with Crippen LogP contribution in [0.25, 0.3) is 0 Å². The number of aromatic nitrogens is 2. The van der Waals surface area contributed by atoms with Gasteiger partial charge in [-0.2, -0.15) is 0 Å². The van der Waals surface area contributed by atoms with E-state index in [1.165, 1.54) is 5.56 Å². The van der Waals surface area contributed by atoms with Crippen LogP contribution in [0.1, 0.15) is 55.4 Å². The van der Waals surface area contributed by atoms with Crippen LogP contribution in [0, 0.1) is 13.8 Å². The first-order valence-corrected chi connectivity index (χ1v) is 7.32. The average Bonchev–Trinajstić information content (AvgIpc) is 2.37. The van der Waals surface area contributed by atoms with E-state index in [9.17, 15) is 4.79 Å². The number of rotatable bonds is 4. The lowest BCUT2D eigenvalue weighted by molar-refractivity contribution is 0.813. The third kappa shape index (κ3) is 3.51. The van der Waals surface area contributed by atoms with E-state index in [0.29, 0.717) is 17.3 Å². The lowest BCUT2D eigenvalue weighted by atomic mass is 10.0. The van der Waals surface area contributed by atoms with Gasteiger partial charge in [0, 0.05) is 5.69 Å². The minimum absolute atomic E-state index is 0.0706. The molecule has 1 aromatic heterocycles. The maximum atomic E-state index is 12.1. The van der Waals surface area contributed by atoms with Gasteiger partial charge in [-0.3, -0.25) is 4.79 Å². The SMILES string of the molecule is Cc1nc(C)c(C(C)Nc2ccc(C(C)C)cc2)c(=O)[nH]1. The molecule has 1 aromatic carbocycles. The summed E-state index contributed by atoms with van der Waals surface area (Å²) in [6.45, 7) is 9.99. The van der Waals surface area contributed by atoms with Crippen molar-refractivity contribution in [3.63, 3.8) is 0 Å². The van der Waals surface area contributed by atoms with Gasteiger partial charge in [-0.15, -0.1) is 0 Å². The zero-order chi connectivity index (χ0) is 15.6. The molecular formula is C17H23N3O. The van der Waals surface area contributed by atoms with E-state index in [-0.39, 0.29) is 11.6 Å². The van der Waals surface area contributed by atoms with E-state index in [1.807, 2.05) is 13.8 Å². The molecule has 0 aliphatic heterocycles. The average molecular weight is 285 g/mol. The van der Waals surface area contributed by atoms with Crippen molar-refractivity contribution in [2.75, 3.05) is 5.32 Å². The largest absolute Gasteiger partial charge is 0.378 e. The third-order valence-corrected chi connectivity index (χ3v) is 3.66. The molecule has 0 spiro atoms. The first-order chi connectivity index (χ1) is 9.88.